The summed E-state index contributed by atoms with van der Waals surface area (Å²) >= 11 is 0. The molecule has 0 aromatic heterocycles. The Hall–Kier alpha value is -2.22. The van der Waals surface area contributed by atoms with Crippen LogP contribution in [0.15, 0.2) is 54.1 Å². The fourth-order valence-corrected chi connectivity index (χ4v) is 1.61. The number of carbonyl (C=O) groups excluding carboxylic acids is 2. The number of ketones is 2. The van der Waals surface area contributed by atoms with Gasteiger partial charge in [-0.1, -0.05) is 36.4 Å². The van der Waals surface area contributed by atoms with Gasteiger partial charge in [0.1, 0.15) is 0 Å². The average molecular weight is 224 g/mol. The average Bonchev–Trinajstić information content (AvgIpc) is 2.32. The summed E-state index contributed by atoms with van der Waals surface area (Å²) in [6.45, 7) is 2.00. The third kappa shape index (κ3) is 2.67. The standard InChI is InChI=1S/C15H12O2/c1-11-4-2-3-5-12(11)6-7-13-10-14(16)8-9-15(13)17/h2-10H,1H3/b7-6+. The van der Waals surface area contributed by atoms with E-state index in [2.05, 4.69) is 0 Å². The maximum atomic E-state index is 11.5. The molecule has 1 aliphatic carbocycles. The molecule has 2 nitrogen and oxygen atoms in total. The van der Waals surface area contributed by atoms with Crippen LogP contribution in [0, 0.1) is 6.92 Å². The second-order valence-corrected chi connectivity index (χ2v) is 3.89. The highest BCUT2D eigenvalue weighted by molar-refractivity contribution is 6.18. The first-order valence-electron chi connectivity index (χ1n) is 5.38. The van der Waals surface area contributed by atoms with Gasteiger partial charge in [-0.25, -0.2) is 0 Å². The number of allylic oxidation sites excluding steroid dienone is 5. The van der Waals surface area contributed by atoms with E-state index in [1.54, 1.807) is 6.08 Å². The molecule has 0 N–H and O–H groups in total. The molecule has 0 saturated carbocycles. The quantitative estimate of drug-likeness (QED) is 0.724. The zero-order chi connectivity index (χ0) is 12.3. The van der Waals surface area contributed by atoms with Gasteiger partial charge in [-0.05, 0) is 36.3 Å². The van der Waals surface area contributed by atoms with Crippen molar-refractivity contribution >= 4 is 17.6 Å². The fourth-order valence-electron chi connectivity index (χ4n) is 1.61. The lowest BCUT2D eigenvalue weighted by Gasteiger charge is -2.02. The summed E-state index contributed by atoms with van der Waals surface area (Å²) in [6, 6.07) is 7.87. The molecule has 2 heteroatoms. The Morgan fingerprint density at radius 2 is 1.76 bits per heavy atom. The van der Waals surface area contributed by atoms with Crippen LogP contribution in [0.4, 0.5) is 0 Å². The Kier molecular flexibility index (Phi) is 3.15. The van der Waals surface area contributed by atoms with Gasteiger partial charge in [0, 0.05) is 5.57 Å². The lowest BCUT2D eigenvalue weighted by atomic mass is 10.0. The van der Waals surface area contributed by atoms with E-state index < -0.39 is 0 Å². The van der Waals surface area contributed by atoms with Gasteiger partial charge in [-0.2, -0.15) is 0 Å². The zero-order valence-corrected chi connectivity index (χ0v) is 9.51. The molecule has 1 aromatic carbocycles. The molecular formula is C15H12O2. The topological polar surface area (TPSA) is 34.1 Å². The van der Waals surface area contributed by atoms with Crippen LogP contribution >= 0.6 is 0 Å². The summed E-state index contributed by atoms with van der Waals surface area (Å²) in [7, 11) is 0. The van der Waals surface area contributed by atoms with Crippen molar-refractivity contribution in [2.24, 2.45) is 0 Å². The predicted octanol–water partition coefficient (Wildman–Crippen LogP) is 2.64. The minimum Gasteiger partial charge on any atom is -0.290 e. The number of hydrogen-bond donors (Lipinski definition) is 0. The predicted molar refractivity (Wildman–Crippen MR) is 67.5 cm³/mol. The summed E-state index contributed by atoms with van der Waals surface area (Å²) < 4.78 is 0. The normalized spacial score (nSPS) is 15.5. The Morgan fingerprint density at radius 3 is 2.53 bits per heavy atom. The highest BCUT2D eigenvalue weighted by Gasteiger charge is 2.09. The van der Waals surface area contributed by atoms with Crippen molar-refractivity contribution in [1.82, 2.24) is 0 Å². The molecule has 2 rings (SSSR count). The van der Waals surface area contributed by atoms with Crippen LogP contribution in [0.3, 0.4) is 0 Å². The summed E-state index contributed by atoms with van der Waals surface area (Å²) in [4.78, 5) is 22.6. The first-order valence-corrected chi connectivity index (χ1v) is 5.38. The molecule has 0 bridgehead atoms. The molecule has 0 amide bonds. The largest absolute Gasteiger partial charge is 0.290 e. The lowest BCUT2D eigenvalue weighted by molar-refractivity contribution is -0.114. The molecule has 0 saturated heterocycles. The number of rotatable bonds is 2. The van der Waals surface area contributed by atoms with Crippen molar-refractivity contribution in [1.29, 1.82) is 0 Å². The molecule has 17 heavy (non-hydrogen) atoms. The Labute approximate surface area is 100.0 Å². The van der Waals surface area contributed by atoms with E-state index in [1.807, 2.05) is 37.3 Å². The minimum absolute atomic E-state index is 0.130. The van der Waals surface area contributed by atoms with Crippen LogP contribution in [0.5, 0.6) is 0 Å². The van der Waals surface area contributed by atoms with E-state index in [-0.39, 0.29) is 11.6 Å². The van der Waals surface area contributed by atoms with Gasteiger partial charge in [0.05, 0.1) is 0 Å². The highest BCUT2D eigenvalue weighted by Crippen LogP contribution is 2.13. The van der Waals surface area contributed by atoms with Crippen LogP contribution in [-0.4, -0.2) is 11.6 Å². The van der Waals surface area contributed by atoms with Crippen LogP contribution in [-0.2, 0) is 9.59 Å². The van der Waals surface area contributed by atoms with E-state index in [0.29, 0.717) is 5.57 Å². The SMILES string of the molecule is Cc1ccccc1/C=C/C1=CC(=O)C=CC1=O. The van der Waals surface area contributed by atoms with Crippen molar-refractivity contribution < 1.29 is 9.59 Å². The van der Waals surface area contributed by atoms with E-state index in [4.69, 9.17) is 0 Å². The number of hydrogen-bond acceptors (Lipinski definition) is 2. The van der Waals surface area contributed by atoms with Crippen LogP contribution in [0.2, 0.25) is 0 Å². The first-order chi connectivity index (χ1) is 8.16. The number of benzene rings is 1. The molecular weight excluding hydrogens is 212 g/mol. The Balaban J connectivity index is 2.25. The van der Waals surface area contributed by atoms with E-state index in [9.17, 15) is 9.59 Å². The monoisotopic (exact) mass is 224 g/mol. The summed E-state index contributed by atoms with van der Waals surface area (Å²) in [6.07, 6.45) is 7.49. The van der Waals surface area contributed by atoms with Gasteiger partial charge in [0.15, 0.2) is 11.6 Å². The van der Waals surface area contributed by atoms with E-state index in [0.717, 1.165) is 11.1 Å². The van der Waals surface area contributed by atoms with E-state index >= 15 is 0 Å². The minimum atomic E-state index is -0.144. The van der Waals surface area contributed by atoms with Crippen molar-refractivity contribution in [2.45, 2.75) is 6.92 Å². The molecule has 0 unspecified atom stereocenters. The van der Waals surface area contributed by atoms with Crippen LogP contribution < -0.4 is 0 Å². The van der Waals surface area contributed by atoms with Gasteiger partial charge in [-0.15, -0.1) is 0 Å². The van der Waals surface area contributed by atoms with Crippen molar-refractivity contribution in [3.63, 3.8) is 0 Å². The van der Waals surface area contributed by atoms with E-state index in [1.165, 1.54) is 18.2 Å². The van der Waals surface area contributed by atoms with Crippen molar-refractivity contribution in [2.75, 3.05) is 0 Å². The molecule has 1 aliphatic rings. The molecule has 0 aliphatic heterocycles. The maximum Gasteiger partial charge on any atom is 0.186 e. The molecule has 0 fully saturated rings. The second kappa shape index (κ2) is 4.74. The van der Waals surface area contributed by atoms with Gasteiger partial charge >= 0.3 is 0 Å². The molecule has 0 atom stereocenters. The van der Waals surface area contributed by atoms with Gasteiger partial charge in [0.25, 0.3) is 0 Å². The Morgan fingerprint density at radius 1 is 1.00 bits per heavy atom. The molecule has 0 spiro atoms. The fraction of sp³-hybridized carbons (Fsp3) is 0.0667. The summed E-state index contributed by atoms with van der Waals surface area (Å²) in [5.41, 5.74) is 2.61. The molecule has 1 aromatic rings. The third-order valence-corrected chi connectivity index (χ3v) is 2.61. The molecule has 84 valence electrons. The maximum absolute atomic E-state index is 11.5. The van der Waals surface area contributed by atoms with Gasteiger partial charge in [0.2, 0.25) is 0 Å². The van der Waals surface area contributed by atoms with Gasteiger partial charge in [-0.3, -0.25) is 9.59 Å². The van der Waals surface area contributed by atoms with Gasteiger partial charge < -0.3 is 0 Å². The summed E-state index contributed by atoms with van der Waals surface area (Å²) in [5, 5.41) is 0. The Bertz CT molecular complexity index is 560. The number of aryl methyl sites for hydroxylation is 1. The van der Waals surface area contributed by atoms with Crippen LogP contribution in [0.1, 0.15) is 11.1 Å². The van der Waals surface area contributed by atoms with Crippen molar-refractivity contribution in [3.8, 4) is 0 Å². The van der Waals surface area contributed by atoms with Crippen LogP contribution in [0.25, 0.3) is 6.08 Å². The highest BCUT2D eigenvalue weighted by atomic mass is 16.1. The summed E-state index contributed by atoms with van der Waals surface area (Å²) in [5.74, 6) is -0.275. The molecule has 0 heterocycles. The third-order valence-electron chi connectivity index (χ3n) is 2.61. The number of carbonyl (C=O) groups is 2. The zero-order valence-electron chi connectivity index (χ0n) is 9.51. The first kappa shape index (κ1) is 11.3. The lowest BCUT2D eigenvalue weighted by Crippen LogP contribution is -2.05. The second-order valence-electron chi connectivity index (χ2n) is 3.89. The smallest absolute Gasteiger partial charge is 0.186 e. The molecule has 0 radical (unpaired) electrons. The van der Waals surface area contributed by atoms with Crippen molar-refractivity contribution in [3.05, 3.63) is 65.3 Å².